The predicted octanol–water partition coefficient (Wildman–Crippen LogP) is 6.01. The van der Waals surface area contributed by atoms with Crippen LogP contribution in [-0.4, -0.2) is 52.4 Å². The summed E-state index contributed by atoms with van der Waals surface area (Å²) in [5, 5.41) is 0.670. The highest BCUT2D eigenvalue weighted by molar-refractivity contribution is 6.30. The van der Waals surface area contributed by atoms with Gasteiger partial charge in [0.05, 0.1) is 11.3 Å². The number of hydrogen-bond acceptors (Lipinski definition) is 2. The summed E-state index contributed by atoms with van der Waals surface area (Å²) in [7, 11) is 0. The molecule has 3 aromatic carbocycles. The lowest BCUT2D eigenvalue weighted by atomic mass is 10.1. The minimum atomic E-state index is -0.0122. The summed E-state index contributed by atoms with van der Waals surface area (Å²) < 4.78 is 2.15. The van der Waals surface area contributed by atoms with Gasteiger partial charge in [-0.15, -0.1) is 0 Å². The van der Waals surface area contributed by atoms with Gasteiger partial charge in [0.2, 0.25) is 0 Å². The van der Waals surface area contributed by atoms with E-state index in [-0.39, 0.29) is 11.8 Å². The summed E-state index contributed by atoms with van der Waals surface area (Å²) >= 11 is 6.15. The molecule has 2 amide bonds. The van der Waals surface area contributed by atoms with Crippen molar-refractivity contribution in [3.05, 3.63) is 112 Å². The second-order valence-corrected chi connectivity index (χ2v) is 9.54. The Morgan fingerprint density at radius 1 is 0.722 bits per heavy atom. The van der Waals surface area contributed by atoms with E-state index in [4.69, 9.17) is 11.6 Å². The second-order valence-electron chi connectivity index (χ2n) is 9.11. The first-order valence-corrected chi connectivity index (χ1v) is 12.5. The summed E-state index contributed by atoms with van der Waals surface area (Å²) in [5.41, 5.74) is 6.34. The fourth-order valence-electron chi connectivity index (χ4n) is 4.83. The Balaban J connectivity index is 1.44. The van der Waals surface area contributed by atoms with Crippen molar-refractivity contribution >= 4 is 23.4 Å². The lowest BCUT2D eigenvalue weighted by molar-refractivity contribution is 0.0535. The molecule has 36 heavy (non-hydrogen) atoms. The number of carbonyl (C=O) groups is 2. The van der Waals surface area contributed by atoms with Crippen molar-refractivity contribution < 1.29 is 9.59 Å². The second kappa shape index (κ2) is 10.0. The summed E-state index contributed by atoms with van der Waals surface area (Å²) in [5.74, 6) is -0.00327. The first-order valence-electron chi connectivity index (χ1n) is 12.1. The van der Waals surface area contributed by atoms with Crippen molar-refractivity contribution in [1.82, 2.24) is 14.4 Å². The molecule has 182 valence electrons. The van der Waals surface area contributed by atoms with Crippen LogP contribution in [0.3, 0.4) is 0 Å². The number of hydrogen-bond donors (Lipinski definition) is 0. The number of amides is 2. The van der Waals surface area contributed by atoms with Gasteiger partial charge in [0, 0.05) is 48.1 Å². The summed E-state index contributed by atoms with van der Waals surface area (Å²) in [6.45, 7) is 6.10. The fraction of sp³-hybridized carbons (Fsp3) is 0.200. The Labute approximate surface area is 216 Å². The fourth-order valence-corrected chi connectivity index (χ4v) is 4.95. The maximum Gasteiger partial charge on any atom is 0.255 e. The van der Waals surface area contributed by atoms with Crippen LogP contribution in [0.5, 0.6) is 0 Å². The van der Waals surface area contributed by atoms with Gasteiger partial charge in [-0.2, -0.15) is 0 Å². The Morgan fingerprint density at radius 3 is 1.94 bits per heavy atom. The number of para-hydroxylation sites is 1. The summed E-state index contributed by atoms with van der Waals surface area (Å²) in [6, 6.07) is 27.1. The lowest BCUT2D eigenvalue weighted by Crippen LogP contribution is -2.50. The van der Waals surface area contributed by atoms with E-state index in [1.165, 1.54) is 0 Å². The van der Waals surface area contributed by atoms with Crippen molar-refractivity contribution in [3.8, 4) is 16.9 Å². The van der Waals surface area contributed by atoms with Gasteiger partial charge in [-0.05, 0) is 61.4 Å². The number of rotatable bonds is 4. The normalized spacial score (nSPS) is 13.6. The molecule has 5 rings (SSSR count). The molecular weight excluding hydrogens is 470 g/mol. The minimum absolute atomic E-state index is 0.00890. The number of halogens is 1. The van der Waals surface area contributed by atoms with E-state index < -0.39 is 0 Å². The molecule has 5 nitrogen and oxygen atoms in total. The third kappa shape index (κ3) is 4.54. The average molecular weight is 498 g/mol. The molecule has 2 heterocycles. The highest BCUT2D eigenvalue weighted by atomic mass is 35.5. The standard InChI is InChI=1S/C30H28ClN3O2/c1-21-8-6-7-11-27(21)34-22(2)26(20-28(34)23-12-14-25(31)15-13-23)30(36)33-18-16-32(17-19-33)29(35)24-9-4-3-5-10-24/h3-15,20H,16-19H2,1-2H3. The van der Waals surface area contributed by atoms with Crippen LogP contribution in [-0.2, 0) is 0 Å². The van der Waals surface area contributed by atoms with Crippen molar-refractivity contribution in [3.63, 3.8) is 0 Å². The van der Waals surface area contributed by atoms with Crippen molar-refractivity contribution in [2.24, 2.45) is 0 Å². The van der Waals surface area contributed by atoms with Gasteiger partial charge in [0.25, 0.3) is 11.8 Å². The van der Waals surface area contributed by atoms with Crippen molar-refractivity contribution in [2.45, 2.75) is 13.8 Å². The molecule has 0 N–H and O–H groups in total. The lowest BCUT2D eigenvalue weighted by Gasteiger charge is -2.34. The van der Waals surface area contributed by atoms with E-state index in [1.807, 2.05) is 89.5 Å². The van der Waals surface area contributed by atoms with Gasteiger partial charge in [0.15, 0.2) is 0 Å². The smallest absolute Gasteiger partial charge is 0.255 e. The monoisotopic (exact) mass is 497 g/mol. The molecule has 0 bridgehead atoms. The Morgan fingerprint density at radius 2 is 1.31 bits per heavy atom. The third-order valence-electron chi connectivity index (χ3n) is 6.85. The highest BCUT2D eigenvalue weighted by Gasteiger charge is 2.28. The molecule has 1 aromatic heterocycles. The number of aryl methyl sites for hydroxylation is 1. The average Bonchev–Trinajstić information content (AvgIpc) is 3.25. The van der Waals surface area contributed by atoms with Gasteiger partial charge in [0.1, 0.15) is 0 Å². The van der Waals surface area contributed by atoms with E-state index in [2.05, 4.69) is 23.6 Å². The summed E-state index contributed by atoms with van der Waals surface area (Å²) in [6.07, 6.45) is 0. The Kier molecular flexibility index (Phi) is 6.66. The Hall–Kier alpha value is -3.83. The molecule has 0 aliphatic carbocycles. The van der Waals surface area contributed by atoms with E-state index in [0.717, 1.165) is 28.2 Å². The SMILES string of the molecule is Cc1ccccc1-n1c(-c2ccc(Cl)cc2)cc(C(=O)N2CCN(C(=O)c3ccccc3)CC2)c1C. The van der Waals surface area contributed by atoms with E-state index >= 15 is 0 Å². The van der Waals surface area contributed by atoms with E-state index in [0.29, 0.717) is 42.3 Å². The van der Waals surface area contributed by atoms with E-state index in [9.17, 15) is 9.59 Å². The number of piperazine rings is 1. The molecule has 6 heteroatoms. The third-order valence-corrected chi connectivity index (χ3v) is 7.10. The van der Waals surface area contributed by atoms with Crippen LogP contribution in [0.4, 0.5) is 0 Å². The van der Waals surface area contributed by atoms with Gasteiger partial charge in [-0.1, -0.05) is 60.1 Å². The first kappa shape index (κ1) is 23.9. The quantitative estimate of drug-likeness (QED) is 0.346. The maximum absolute atomic E-state index is 13.7. The molecule has 4 aromatic rings. The van der Waals surface area contributed by atoms with Crippen LogP contribution in [0.25, 0.3) is 16.9 Å². The van der Waals surface area contributed by atoms with Crippen LogP contribution in [0.1, 0.15) is 32.0 Å². The largest absolute Gasteiger partial charge is 0.335 e. The molecule has 1 aliphatic rings. The molecule has 0 atom stereocenters. The van der Waals surface area contributed by atoms with Gasteiger partial charge in [-0.25, -0.2) is 0 Å². The Bertz CT molecular complexity index is 1400. The van der Waals surface area contributed by atoms with Crippen LogP contribution < -0.4 is 0 Å². The van der Waals surface area contributed by atoms with E-state index in [1.54, 1.807) is 0 Å². The first-order chi connectivity index (χ1) is 17.4. The van der Waals surface area contributed by atoms with Crippen molar-refractivity contribution in [1.29, 1.82) is 0 Å². The summed E-state index contributed by atoms with van der Waals surface area (Å²) in [4.78, 5) is 30.2. The number of carbonyl (C=O) groups excluding carboxylic acids is 2. The zero-order valence-corrected chi connectivity index (χ0v) is 21.2. The molecule has 0 unspecified atom stereocenters. The number of benzene rings is 3. The zero-order chi connectivity index (χ0) is 25.2. The minimum Gasteiger partial charge on any atom is -0.335 e. The zero-order valence-electron chi connectivity index (χ0n) is 20.4. The van der Waals surface area contributed by atoms with Gasteiger partial charge >= 0.3 is 0 Å². The van der Waals surface area contributed by atoms with Gasteiger partial charge < -0.3 is 14.4 Å². The maximum atomic E-state index is 13.7. The molecule has 0 saturated carbocycles. The molecule has 1 saturated heterocycles. The van der Waals surface area contributed by atoms with Crippen molar-refractivity contribution in [2.75, 3.05) is 26.2 Å². The van der Waals surface area contributed by atoms with Crippen LogP contribution >= 0.6 is 11.6 Å². The molecular formula is C30H28ClN3O2. The highest BCUT2D eigenvalue weighted by Crippen LogP contribution is 2.32. The predicted molar refractivity (Wildman–Crippen MR) is 144 cm³/mol. The van der Waals surface area contributed by atoms with Crippen LogP contribution in [0.2, 0.25) is 5.02 Å². The molecule has 1 fully saturated rings. The van der Waals surface area contributed by atoms with Crippen LogP contribution in [0, 0.1) is 13.8 Å². The molecule has 0 radical (unpaired) electrons. The molecule has 1 aliphatic heterocycles. The topological polar surface area (TPSA) is 45.6 Å². The number of aromatic nitrogens is 1. The van der Waals surface area contributed by atoms with Gasteiger partial charge in [-0.3, -0.25) is 9.59 Å². The number of nitrogens with zero attached hydrogens (tertiary/aromatic N) is 3. The van der Waals surface area contributed by atoms with Crippen LogP contribution in [0.15, 0.2) is 84.9 Å². The molecule has 0 spiro atoms.